The van der Waals surface area contributed by atoms with E-state index in [1.807, 2.05) is 0 Å². The Hall–Kier alpha value is 2.75. The molecule has 0 aliphatic heterocycles. The molecule has 0 aliphatic carbocycles. The van der Waals surface area contributed by atoms with Gasteiger partial charge in [-0.3, -0.25) is 0 Å². The van der Waals surface area contributed by atoms with Crippen LogP contribution in [0.4, 0.5) is 0 Å². The zero-order valence-electron chi connectivity index (χ0n) is 2.27. The van der Waals surface area contributed by atoms with E-state index in [9.17, 15) is 0 Å². The van der Waals surface area contributed by atoms with Crippen molar-refractivity contribution < 1.29 is 11.0 Å². The van der Waals surface area contributed by atoms with Crippen LogP contribution in [0.25, 0.3) is 0 Å². The third kappa shape index (κ3) is 8.83. The molecule has 0 aromatic rings. The molecule has 0 saturated carbocycles. The van der Waals surface area contributed by atoms with Gasteiger partial charge in [0.15, 0.2) is 0 Å². The minimum atomic E-state index is 0. The molecular weight excluding hydrogens is 209 g/mol. The van der Waals surface area contributed by atoms with Crippen molar-refractivity contribution in [2.75, 3.05) is 0 Å². The van der Waals surface area contributed by atoms with Gasteiger partial charge >= 0.3 is 86.6 Å². The molecule has 0 saturated heterocycles. The standard InChI is InChI=1S/Ba.Ca.H2O.O/h;;1H2;/q2*+2;;-2/p-1. The first-order valence-corrected chi connectivity index (χ1v) is 0. The summed E-state index contributed by atoms with van der Waals surface area (Å²) in [6.45, 7) is 0. The Balaban J connectivity index is 0. The topological polar surface area (TPSA) is 58.5 Å². The molecule has 4 heteroatoms. The molecule has 0 fully saturated rings. The first kappa shape index (κ1) is 29.5. The molecule has 0 aromatic carbocycles. The van der Waals surface area contributed by atoms with Gasteiger partial charge in [0, 0.05) is 0 Å². The molecule has 0 atom stereocenters. The molecule has 0 rings (SSSR count). The average molecular weight is 210 g/mol. The third-order valence-corrected chi connectivity index (χ3v) is 0. The van der Waals surface area contributed by atoms with E-state index in [1.54, 1.807) is 0 Å². The van der Waals surface area contributed by atoms with Crippen LogP contribution in [0.1, 0.15) is 0 Å². The van der Waals surface area contributed by atoms with Gasteiger partial charge in [-0.05, 0) is 0 Å². The summed E-state index contributed by atoms with van der Waals surface area (Å²) in [5.41, 5.74) is 0. The van der Waals surface area contributed by atoms with Crippen LogP contribution in [0.3, 0.4) is 0 Å². The Labute approximate surface area is 95.0 Å². The summed E-state index contributed by atoms with van der Waals surface area (Å²) in [6, 6.07) is 0. The van der Waals surface area contributed by atoms with Crippen molar-refractivity contribution in [2.45, 2.75) is 0 Å². The number of rotatable bonds is 0. The van der Waals surface area contributed by atoms with E-state index in [0.29, 0.717) is 0 Å². The van der Waals surface area contributed by atoms with Crippen molar-refractivity contribution in [2.24, 2.45) is 0 Å². The molecule has 1 N–H and O–H groups in total. The van der Waals surface area contributed by atoms with Crippen molar-refractivity contribution >= 4 is 86.6 Å². The van der Waals surface area contributed by atoms with E-state index in [2.05, 4.69) is 0 Å². The van der Waals surface area contributed by atoms with E-state index >= 15 is 0 Å². The molecule has 0 radical (unpaired) electrons. The smallest absolute Gasteiger partial charge is 2.00 e. The fourth-order valence-electron chi connectivity index (χ4n) is 0. The largest absolute Gasteiger partial charge is 2.00 e. The van der Waals surface area contributed by atoms with E-state index in [0.717, 1.165) is 0 Å². The van der Waals surface area contributed by atoms with Gasteiger partial charge in [-0.1, -0.05) is 0 Å². The molecule has 0 aromatic heterocycles. The van der Waals surface area contributed by atoms with Gasteiger partial charge in [0.2, 0.25) is 0 Å². The zero-order valence-corrected chi connectivity index (χ0v) is 8.92. The predicted molar refractivity (Wildman–Crippen MR) is 14.1 cm³/mol. The number of hydrogen-bond acceptors (Lipinski definition) is 1. The molecule has 0 unspecified atom stereocenters. The molecule has 0 aliphatic rings. The Morgan fingerprint density at radius 1 is 1.00 bits per heavy atom. The van der Waals surface area contributed by atoms with Gasteiger partial charge in [0.25, 0.3) is 0 Å². The van der Waals surface area contributed by atoms with Crippen molar-refractivity contribution in [3.63, 3.8) is 0 Å². The van der Waals surface area contributed by atoms with Crippen molar-refractivity contribution in [1.29, 1.82) is 0 Å². The summed E-state index contributed by atoms with van der Waals surface area (Å²) in [5, 5.41) is 0. The third-order valence-electron chi connectivity index (χ3n) is 0. The van der Waals surface area contributed by atoms with E-state index in [4.69, 9.17) is 0 Å². The van der Waals surface area contributed by atoms with Gasteiger partial charge < -0.3 is 11.0 Å². The fraction of sp³-hybridized carbons (Fsp3) is 0. The minimum Gasteiger partial charge on any atom is -2.00 e. The van der Waals surface area contributed by atoms with Crippen LogP contribution in [0.15, 0.2) is 0 Å². The summed E-state index contributed by atoms with van der Waals surface area (Å²) in [7, 11) is 0. The maximum atomic E-state index is 0. The van der Waals surface area contributed by atoms with Crippen LogP contribution in [0, 0.1) is 0 Å². The zero-order chi connectivity index (χ0) is 0. The summed E-state index contributed by atoms with van der Waals surface area (Å²) < 4.78 is 0. The minimum absolute atomic E-state index is 0. The quantitative estimate of drug-likeness (QED) is 0.470. The molecule has 2 nitrogen and oxygen atoms in total. The molecule has 0 amide bonds. The maximum Gasteiger partial charge on any atom is 2.00 e. The van der Waals surface area contributed by atoms with Gasteiger partial charge in [0.1, 0.15) is 0 Å². The van der Waals surface area contributed by atoms with Crippen LogP contribution in [0.2, 0.25) is 0 Å². The summed E-state index contributed by atoms with van der Waals surface area (Å²) in [6.07, 6.45) is 0. The van der Waals surface area contributed by atoms with Crippen LogP contribution < -0.4 is 0 Å². The molecule has 0 spiro atoms. The monoisotopic (exact) mass is 211 g/mol. The Kier molecular flexibility index (Phi) is 127. The molecule has 0 bridgehead atoms. The average Bonchev–Trinajstić information content (AvgIpc) is 0. The van der Waals surface area contributed by atoms with Crippen LogP contribution >= 0.6 is 0 Å². The molecule has 4 heavy (non-hydrogen) atoms. The fourth-order valence-corrected chi connectivity index (χ4v) is 0. The Morgan fingerprint density at radius 3 is 1.00 bits per heavy atom. The predicted octanol–water partition coefficient (Wildman–Crippen LogP) is -1.06. The van der Waals surface area contributed by atoms with E-state index < -0.39 is 0 Å². The summed E-state index contributed by atoms with van der Waals surface area (Å²) >= 11 is 0. The first-order chi connectivity index (χ1) is 0. The summed E-state index contributed by atoms with van der Waals surface area (Å²) in [5.74, 6) is 0. The molecule has 16 valence electrons. The molecule has 0 heterocycles. The van der Waals surface area contributed by atoms with Crippen LogP contribution in [-0.4, -0.2) is 92.1 Å². The second-order valence-electron chi connectivity index (χ2n) is 0. The second-order valence-corrected chi connectivity index (χ2v) is 0. The number of hydrogen-bond donors (Lipinski definition) is 0. The van der Waals surface area contributed by atoms with Crippen LogP contribution in [0.5, 0.6) is 0 Å². The first-order valence-electron chi connectivity index (χ1n) is 0. The van der Waals surface area contributed by atoms with Crippen LogP contribution in [-0.2, 0) is 5.48 Å². The second kappa shape index (κ2) is 17.2. The molecular formula is HBaCaO2+. The van der Waals surface area contributed by atoms with Crippen molar-refractivity contribution in [3.05, 3.63) is 0 Å². The van der Waals surface area contributed by atoms with Crippen molar-refractivity contribution in [3.8, 4) is 0 Å². The van der Waals surface area contributed by atoms with Gasteiger partial charge in [-0.25, -0.2) is 0 Å². The van der Waals surface area contributed by atoms with Gasteiger partial charge in [-0.2, -0.15) is 0 Å². The van der Waals surface area contributed by atoms with Crippen molar-refractivity contribution in [1.82, 2.24) is 0 Å². The Morgan fingerprint density at radius 2 is 1.00 bits per heavy atom. The summed E-state index contributed by atoms with van der Waals surface area (Å²) in [4.78, 5) is 0. The Bertz CT molecular complexity index is 6.00. The van der Waals surface area contributed by atoms with E-state index in [-0.39, 0.29) is 97.6 Å². The van der Waals surface area contributed by atoms with Gasteiger partial charge in [0.05, 0.1) is 0 Å². The van der Waals surface area contributed by atoms with Gasteiger partial charge in [-0.15, -0.1) is 0 Å². The normalized spacial score (nSPS) is 0. The SMILES string of the molecule is [Ba+2].[Ca+2].[O-2].[OH-]. The maximum absolute atomic E-state index is 0. The van der Waals surface area contributed by atoms with E-state index in [1.165, 1.54) is 0 Å².